The number of rotatable bonds is 5. The van der Waals surface area contributed by atoms with Crippen LogP contribution in [0.25, 0.3) is 0 Å². The number of anilines is 4. The van der Waals surface area contributed by atoms with E-state index in [0.717, 1.165) is 53.3 Å². The van der Waals surface area contributed by atoms with E-state index in [9.17, 15) is 18.6 Å². The van der Waals surface area contributed by atoms with Crippen LogP contribution in [-0.2, 0) is 10.0 Å². The Morgan fingerprint density at radius 3 is 1.46 bits per heavy atom. The second-order valence-corrected chi connectivity index (χ2v) is 18.5. The van der Waals surface area contributed by atoms with Crippen LogP contribution in [0, 0.1) is 0 Å². The Balaban J connectivity index is 0.000000164. The molecule has 0 radical (unpaired) electrons. The van der Waals surface area contributed by atoms with Crippen molar-refractivity contribution in [3.63, 3.8) is 0 Å². The summed E-state index contributed by atoms with van der Waals surface area (Å²) in [5.41, 5.74) is 10.6. The SMILES string of the molecule is N[C@@H]1CCCC(N2c3ccccc3Sc3ccccc32)[C@H]1O.O=S(=O)(N[C@@H]1CCCC(N2c3ccccc3Sc3ccccc32)[C@H]1O)c1ccc(Cl)cc1. The molecule has 2 heterocycles. The molecule has 0 bridgehead atoms. The number of halogens is 1. The molecule has 6 atom stereocenters. The lowest BCUT2D eigenvalue weighted by Gasteiger charge is -2.45. The van der Waals surface area contributed by atoms with Gasteiger partial charge in [0, 0.05) is 30.6 Å². The average Bonchev–Trinajstić information content (AvgIpc) is 3.18. The van der Waals surface area contributed by atoms with Crippen molar-refractivity contribution in [3.05, 3.63) is 126 Å². The molecular weight excluding hydrogens is 756 g/mol. The highest BCUT2D eigenvalue weighted by Crippen LogP contribution is 2.51. The van der Waals surface area contributed by atoms with Crippen LogP contribution in [0.5, 0.6) is 0 Å². The molecule has 4 aliphatic rings. The zero-order valence-corrected chi connectivity index (χ0v) is 32.7. The van der Waals surface area contributed by atoms with Gasteiger partial charge in [-0.15, -0.1) is 0 Å². The average molecular weight is 799 g/mol. The van der Waals surface area contributed by atoms with E-state index < -0.39 is 28.3 Å². The van der Waals surface area contributed by atoms with Crippen LogP contribution >= 0.6 is 35.1 Å². The molecule has 8 nitrogen and oxygen atoms in total. The van der Waals surface area contributed by atoms with E-state index in [4.69, 9.17) is 17.3 Å². The summed E-state index contributed by atoms with van der Waals surface area (Å²) in [6.45, 7) is 0. The maximum Gasteiger partial charge on any atom is 0.240 e. The largest absolute Gasteiger partial charge is 0.389 e. The number of nitrogens with zero attached hydrogens (tertiary/aromatic N) is 2. The Kier molecular flexibility index (Phi) is 11.0. The molecule has 2 unspecified atom stereocenters. The third kappa shape index (κ3) is 7.41. The number of fused-ring (bicyclic) bond motifs is 4. The van der Waals surface area contributed by atoms with E-state index in [2.05, 4.69) is 87.3 Å². The van der Waals surface area contributed by atoms with Gasteiger partial charge in [0.1, 0.15) is 0 Å². The van der Waals surface area contributed by atoms with E-state index in [1.807, 2.05) is 24.3 Å². The van der Waals surface area contributed by atoms with Gasteiger partial charge in [0.2, 0.25) is 10.0 Å². The second-order valence-electron chi connectivity index (χ2n) is 14.1. The van der Waals surface area contributed by atoms with Gasteiger partial charge in [-0.3, -0.25) is 0 Å². The molecule has 9 rings (SSSR count). The van der Waals surface area contributed by atoms with Gasteiger partial charge in [0.25, 0.3) is 0 Å². The molecule has 12 heteroatoms. The molecule has 2 fully saturated rings. The molecule has 54 heavy (non-hydrogen) atoms. The number of aliphatic hydroxyl groups is 2. The normalized spacial score (nSPS) is 24.6. The monoisotopic (exact) mass is 798 g/mol. The number of benzene rings is 5. The number of hydrogen-bond acceptors (Lipinski definition) is 9. The standard InChI is InChI=1S/C24H23ClN2O3S2.C18H20N2OS/c25-16-12-14-17(15-13-16)32(29,30)26-18-6-5-9-21(24(18)28)27-19-7-1-3-10-22(19)31-23-11-4-2-8-20(23)27;19-12-6-5-9-15(18(12)21)20-13-7-1-3-10-16(13)22-17-11-4-2-8-14(17)20/h1-4,7-8,10-15,18,21,24,26,28H,5-6,9H2;1-4,7-8,10-12,15,18,21H,5-6,9,19H2/t18-,21?,24+;12-,15?,18+/m11/s1. The summed E-state index contributed by atoms with van der Waals surface area (Å²) < 4.78 is 28.7. The van der Waals surface area contributed by atoms with Gasteiger partial charge in [0.15, 0.2) is 0 Å². The number of sulfonamides is 1. The van der Waals surface area contributed by atoms with Crippen molar-refractivity contribution < 1.29 is 18.6 Å². The zero-order chi connectivity index (χ0) is 37.4. The van der Waals surface area contributed by atoms with Gasteiger partial charge in [-0.25, -0.2) is 13.1 Å². The van der Waals surface area contributed by atoms with Crippen LogP contribution in [0.1, 0.15) is 38.5 Å². The van der Waals surface area contributed by atoms with Crippen molar-refractivity contribution in [2.45, 2.75) is 99.4 Å². The minimum absolute atomic E-state index is 0.0481. The quantitative estimate of drug-likeness (QED) is 0.139. The summed E-state index contributed by atoms with van der Waals surface area (Å²) in [7, 11) is -3.78. The molecule has 0 amide bonds. The number of aliphatic hydroxyl groups excluding tert-OH is 2. The summed E-state index contributed by atoms with van der Waals surface area (Å²) in [5.74, 6) is 0. The molecule has 5 aromatic carbocycles. The highest BCUT2D eigenvalue weighted by molar-refractivity contribution is 8.00. The number of nitrogens with two attached hydrogens (primary N) is 1. The van der Waals surface area contributed by atoms with Crippen LogP contribution in [0.2, 0.25) is 5.02 Å². The van der Waals surface area contributed by atoms with Gasteiger partial charge >= 0.3 is 0 Å². The summed E-state index contributed by atoms with van der Waals surface area (Å²) in [5, 5.41) is 22.5. The maximum absolute atomic E-state index is 13.0. The number of para-hydroxylation sites is 4. The first kappa shape index (κ1) is 37.4. The van der Waals surface area contributed by atoms with Crippen LogP contribution in [0.3, 0.4) is 0 Å². The lowest BCUT2D eigenvalue weighted by molar-refractivity contribution is 0.0809. The van der Waals surface area contributed by atoms with Crippen molar-refractivity contribution in [2.75, 3.05) is 9.80 Å². The van der Waals surface area contributed by atoms with Gasteiger partial charge in [0.05, 0.1) is 58.0 Å². The zero-order valence-electron chi connectivity index (χ0n) is 29.5. The maximum atomic E-state index is 13.0. The Hall–Kier alpha value is -3.52. The lowest BCUT2D eigenvalue weighted by Crippen LogP contribution is -2.56. The molecule has 0 spiro atoms. The van der Waals surface area contributed by atoms with Crippen molar-refractivity contribution in [1.82, 2.24) is 4.72 Å². The van der Waals surface area contributed by atoms with Gasteiger partial charge in [-0.05, 0) is 111 Å². The fourth-order valence-electron chi connectivity index (χ4n) is 8.10. The minimum atomic E-state index is -3.78. The molecule has 0 saturated heterocycles. The summed E-state index contributed by atoms with van der Waals surface area (Å²) in [4.78, 5) is 9.38. The van der Waals surface area contributed by atoms with E-state index in [-0.39, 0.29) is 23.0 Å². The molecule has 2 aliphatic heterocycles. The number of nitrogens with one attached hydrogen (secondary N) is 1. The molecular formula is C42H43ClN4O4S3. The lowest BCUT2D eigenvalue weighted by atomic mass is 9.87. The third-order valence-corrected chi connectivity index (χ3v) is 14.7. The smallest absolute Gasteiger partial charge is 0.240 e. The molecule has 280 valence electrons. The van der Waals surface area contributed by atoms with Crippen LogP contribution in [0.15, 0.2) is 146 Å². The summed E-state index contributed by atoms with van der Waals surface area (Å²) >= 11 is 9.41. The summed E-state index contributed by atoms with van der Waals surface area (Å²) in [6.07, 6.45) is 3.75. The van der Waals surface area contributed by atoms with Crippen LogP contribution in [-0.4, -0.2) is 55.0 Å². The Bertz CT molecular complexity index is 2130. The third-order valence-electron chi connectivity index (χ3n) is 10.7. The fourth-order valence-corrected chi connectivity index (χ4v) is 11.7. The molecule has 5 aromatic rings. The predicted molar refractivity (Wildman–Crippen MR) is 219 cm³/mol. The topological polar surface area (TPSA) is 119 Å². The van der Waals surface area contributed by atoms with Crippen molar-refractivity contribution in [1.29, 1.82) is 0 Å². The van der Waals surface area contributed by atoms with Crippen LogP contribution < -0.4 is 20.3 Å². The molecule has 2 aliphatic carbocycles. The molecule has 0 aromatic heterocycles. The van der Waals surface area contributed by atoms with Gasteiger partial charge in [-0.1, -0.05) is 83.7 Å². The Labute approximate surface area is 330 Å². The predicted octanol–water partition coefficient (Wildman–Crippen LogP) is 8.73. The summed E-state index contributed by atoms with van der Waals surface area (Å²) in [6, 6.07) is 38.3. The van der Waals surface area contributed by atoms with Gasteiger partial charge in [-0.2, -0.15) is 0 Å². The highest BCUT2D eigenvalue weighted by atomic mass is 35.5. The first-order chi connectivity index (χ1) is 26.2. The van der Waals surface area contributed by atoms with E-state index >= 15 is 0 Å². The van der Waals surface area contributed by atoms with E-state index in [1.165, 1.54) is 33.3 Å². The Morgan fingerprint density at radius 1 is 0.593 bits per heavy atom. The molecule has 5 N–H and O–H groups in total. The molecule has 2 saturated carbocycles. The second kappa shape index (κ2) is 15.9. The van der Waals surface area contributed by atoms with Crippen molar-refractivity contribution in [3.8, 4) is 0 Å². The van der Waals surface area contributed by atoms with E-state index in [0.29, 0.717) is 11.4 Å². The van der Waals surface area contributed by atoms with E-state index in [1.54, 1.807) is 35.7 Å². The first-order valence-electron chi connectivity index (χ1n) is 18.4. The first-order valence-corrected chi connectivity index (χ1v) is 21.9. The Morgan fingerprint density at radius 2 is 1.00 bits per heavy atom. The highest BCUT2D eigenvalue weighted by Gasteiger charge is 2.41. The van der Waals surface area contributed by atoms with Crippen molar-refractivity contribution >= 4 is 67.9 Å². The minimum Gasteiger partial charge on any atom is -0.389 e. The number of hydrogen-bond donors (Lipinski definition) is 4. The van der Waals surface area contributed by atoms with Gasteiger partial charge < -0.3 is 25.7 Å². The van der Waals surface area contributed by atoms with Crippen LogP contribution in [0.4, 0.5) is 22.7 Å². The van der Waals surface area contributed by atoms with Crippen molar-refractivity contribution in [2.24, 2.45) is 5.73 Å². The fraction of sp³-hybridized carbons (Fsp3) is 0.286.